The first kappa shape index (κ1) is 43.4. The molecule has 0 radical (unpaired) electrons. The summed E-state index contributed by atoms with van der Waals surface area (Å²) in [5.74, 6) is -4.98. The van der Waals surface area contributed by atoms with Crippen LogP contribution in [0.4, 0.5) is 5.69 Å². The number of rotatable bonds is 12. The van der Waals surface area contributed by atoms with E-state index in [4.69, 9.17) is 37.9 Å². The highest BCUT2D eigenvalue weighted by atomic mass is 16.7. The number of allylic oxidation sites excluding steroid dienone is 4. The Bertz CT molecular complexity index is 2450. The van der Waals surface area contributed by atoms with Gasteiger partial charge >= 0.3 is 23.9 Å². The van der Waals surface area contributed by atoms with Crippen LogP contribution in [0.1, 0.15) is 85.8 Å². The molecule has 0 saturated carbocycles. The van der Waals surface area contributed by atoms with Crippen LogP contribution >= 0.6 is 0 Å². The molecule has 0 amide bonds. The number of fused-ring (bicyclic) bond motifs is 2. The lowest BCUT2D eigenvalue weighted by molar-refractivity contribution is -0.288. The number of ketones is 4. The van der Waals surface area contributed by atoms with E-state index in [2.05, 4.69) is 5.32 Å². The van der Waals surface area contributed by atoms with Crippen molar-refractivity contribution >= 4 is 58.3 Å². The lowest BCUT2D eigenvalue weighted by Gasteiger charge is -2.43. The molecular formula is C44H41NO16. The van der Waals surface area contributed by atoms with Crippen molar-refractivity contribution in [3.05, 3.63) is 99.3 Å². The minimum Gasteiger partial charge on any atom is -0.496 e. The van der Waals surface area contributed by atoms with E-state index in [1.807, 2.05) is 0 Å². The molecule has 17 nitrogen and oxygen atoms in total. The Balaban J connectivity index is 1.28. The summed E-state index contributed by atoms with van der Waals surface area (Å²) in [4.78, 5) is 103. The average Bonchev–Trinajstić information content (AvgIpc) is 3.19. The van der Waals surface area contributed by atoms with Gasteiger partial charge in [0.05, 0.1) is 31.0 Å². The summed E-state index contributed by atoms with van der Waals surface area (Å²) in [6.07, 6.45) is -4.73. The maximum Gasteiger partial charge on any atom is 0.303 e. The van der Waals surface area contributed by atoms with Crippen LogP contribution in [0.5, 0.6) is 17.2 Å². The van der Waals surface area contributed by atoms with Gasteiger partial charge in [-0.25, -0.2) is 0 Å². The molecule has 1 aliphatic heterocycles. The molecule has 1 fully saturated rings. The van der Waals surface area contributed by atoms with Gasteiger partial charge in [0.25, 0.3) is 0 Å². The maximum absolute atomic E-state index is 14.2. The molecule has 3 aliphatic rings. The molecule has 0 bridgehead atoms. The summed E-state index contributed by atoms with van der Waals surface area (Å²) in [7, 11) is 2.68. The van der Waals surface area contributed by atoms with Gasteiger partial charge in [0.1, 0.15) is 30.0 Å². The number of methoxy groups -OCH3 is 2. The smallest absolute Gasteiger partial charge is 0.303 e. The second-order valence-corrected chi connectivity index (χ2v) is 14.3. The Labute approximate surface area is 348 Å². The summed E-state index contributed by atoms with van der Waals surface area (Å²) in [6, 6.07) is 10.6. The molecule has 3 aromatic rings. The van der Waals surface area contributed by atoms with Crippen LogP contribution < -0.4 is 19.5 Å². The van der Waals surface area contributed by atoms with Gasteiger partial charge in [-0.2, -0.15) is 0 Å². The highest BCUT2D eigenvalue weighted by Gasteiger charge is 2.53. The van der Waals surface area contributed by atoms with E-state index in [1.54, 1.807) is 26.0 Å². The van der Waals surface area contributed by atoms with Crippen LogP contribution in [0.3, 0.4) is 0 Å². The molecule has 0 spiro atoms. The highest BCUT2D eigenvalue weighted by Crippen LogP contribution is 2.43. The van der Waals surface area contributed by atoms with E-state index in [1.165, 1.54) is 50.6 Å². The predicted octanol–water partition coefficient (Wildman–Crippen LogP) is 4.62. The third kappa shape index (κ3) is 8.91. The van der Waals surface area contributed by atoms with Crippen molar-refractivity contribution in [1.29, 1.82) is 0 Å². The zero-order chi connectivity index (χ0) is 44.4. The number of esters is 4. The van der Waals surface area contributed by atoms with Crippen LogP contribution in [0.15, 0.2) is 60.3 Å². The maximum atomic E-state index is 14.2. The van der Waals surface area contributed by atoms with Crippen LogP contribution in [0, 0.1) is 13.8 Å². The number of benzene rings is 3. The first-order valence-corrected chi connectivity index (χ1v) is 18.8. The molecule has 5 atom stereocenters. The number of aryl methyl sites for hydroxylation is 2. The van der Waals surface area contributed by atoms with Gasteiger partial charge in [0.15, 0.2) is 29.6 Å². The van der Waals surface area contributed by atoms with E-state index >= 15 is 0 Å². The molecule has 1 heterocycles. The number of hydrogen-bond acceptors (Lipinski definition) is 17. The van der Waals surface area contributed by atoms with E-state index < -0.39 is 84.3 Å². The van der Waals surface area contributed by atoms with E-state index in [0.717, 1.165) is 39.3 Å². The van der Waals surface area contributed by atoms with Crippen molar-refractivity contribution < 1.29 is 76.3 Å². The van der Waals surface area contributed by atoms with Crippen LogP contribution in [-0.4, -0.2) is 98.5 Å². The molecule has 2 aliphatic carbocycles. The third-order valence-electron chi connectivity index (χ3n) is 9.78. The predicted molar refractivity (Wildman–Crippen MR) is 211 cm³/mol. The van der Waals surface area contributed by atoms with Crippen LogP contribution in [-0.2, 0) is 42.9 Å². The Morgan fingerprint density at radius 2 is 1.28 bits per heavy atom. The molecule has 1 N–H and O–H groups in total. The fraction of sp³-hybridized carbons (Fsp3) is 0.318. The standard InChI is InChI=1S/C44H41NO16/c1-19-13-27-31(50)16-29(38(52)36(27)33(14-19)54-7)35-20(2)15-28-32(51)17-30(39(53)37(28)41(35)55-8)45-25-9-11-26(12-10-25)60-44-43(59-24(6)49)42(58-23(5)48)40(57-22(4)47)34(61-44)18-56-21(3)46/h9-17,34,40,42-45H,18H2,1-8H3/t34-,40+,42+,43-,44-/m1/s1. The number of carbonyl (C=O) groups excluding carboxylic acids is 8. The van der Waals surface area contributed by atoms with Gasteiger partial charge in [-0.3, -0.25) is 38.4 Å². The molecule has 17 heteroatoms. The Kier molecular flexibility index (Phi) is 12.5. The second kappa shape index (κ2) is 17.6. The summed E-state index contributed by atoms with van der Waals surface area (Å²) in [6.45, 7) is 7.40. The third-order valence-corrected chi connectivity index (χ3v) is 9.78. The first-order chi connectivity index (χ1) is 28.9. The molecule has 1 saturated heterocycles. The van der Waals surface area contributed by atoms with Gasteiger partial charge < -0.3 is 43.2 Å². The average molecular weight is 840 g/mol. The largest absolute Gasteiger partial charge is 0.496 e. The minimum absolute atomic E-state index is 0.0333. The second-order valence-electron chi connectivity index (χ2n) is 14.3. The lowest BCUT2D eigenvalue weighted by atomic mass is 9.80. The van der Waals surface area contributed by atoms with Crippen molar-refractivity contribution in [2.75, 3.05) is 26.1 Å². The molecule has 0 aromatic heterocycles. The van der Waals surface area contributed by atoms with Crippen molar-refractivity contribution in [3.8, 4) is 17.2 Å². The quantitative estimate of drug-likeness (QED) is 0.194. The van der Waals surface area contributed by atoms with E-state index in [-0.39, 0.29) is 56.3 Å². The number of hydrogen-bond donors (Lipinski definition) is 1. The van der Waals surface area contributed by atoms with Gasteiger partial charge in [0.2, 0.25) is 18.2 Å². The highest BCUT2D eigenvalue weighted by molar-refractivity contribution is 6.40. The molecular weight excluding hydrogens is 798 g/mol. The zero-order valence-corrected chi connectivity index (χ0v) is 34.3. The summed E-state index contributed by atoms with van der Waals surface area (Å²) < 4.78 is 44.7. The molecule has 3 aromatic carbocycles. The Morgan fingerprint density at radius 1 is 0.672 bits per heavy atom. The first-order valence-electron chi connectivity index (χ1n) is 18.8. The van der Waals surface area contributed by atoms with Gasteiger partial charge in [-0.1, -0.05) is 0 Å². The monoisotopic (exact) mass is 839 g/mol. The van der Waals surface area contributed by atoms with Gasteiger partial charge in [-0.15, -0.1) is 0 Å². The van der Waals surface area contributed by atoms with E-state index in [0.29, 0.717) is 11.3 Å². The summed E-state index contributed by atoms with van der Waals surface area (Å²) in [5, 5.41) is 2.94. The topological polar surface area (TPSA) is 222 Å². The molecule has 0 unspecified atom stereocenters. The fourth-order valence-electron chi connectivity index (χ4n) is 7.38. The van der Waals surface area contributed by atoms with Crippen molar-refractivity contribution in [1.82, 2.24) is 0 Å². The van der Waals surface area contributed by atoms with Crippen LogP contribution in [0.2, 0.25) is 0 Å². The van der Waals surface area contributed by atoms with Crippen molar-refractivity contribution in [2.24, 2.45) is 0 Å². The van der Waals surface area contributed by atoms with Crippen molar-refractivity contribution in [2.45, 2.75) is 72.2 Å². The van der Waals surface area contributed by atoms with Gasteiger partial charge in [0, 0.05) is 61.7 Å². The number of nitrogens with one attached hydrogen (secondary N) is 1. The molecule has 318 valence electrons. The van der Waals surface area contributed by atoms with Gasteiger partial charge in [-0.05, 0) is 73.5 Å². The number of ether oxygens (including phenoxy) is 8. The number of carbonyl (C=O) groups is 8. The Hall–Kier alpha value is -7.14. The number of Topliss-reactive ketones (excluding diaryl/α,β-unsaturated/α-hetero) is 2. The summed E-state index contributed by atoms with van der Waals surface area (Å²) >= 11 is 0. The number of anilines is 1. The molecule has 61 heavy (non-hydrogen) atoms. The lowest BCUT2D eigenvalue weighted by Crippen LogP contribution is -2.63. The fourth-order valence-corrected chi connectivity index (χ4v) is 7.38. The molecule has 6 rings (SSSR count). The zero-order valence-electron chi connectivity index (χ0n) is 34.3. The normalized spacial score (nSPS) is 20.6. The minimum atomic E-state index is -1.50. The SMILES string of the molecule is COc1cc(C)cc2c1C(=O)C(c1c(C)cc3c(c1OC)C(=O)C(Nc1ccc(O[C@@H]4O[C@H](COC(C)=O)[C@H](OC(C)=O)[C@H](OC(C)=O)[C@H]4OC(C)=O)cc1)=CC3=O)=CC2=O. The van der Waals surface area contributed by atoms with Crippen molar-refractivity contribution in [3.63, 3.8) is 0 Å². The van der Waals surface area contributed by atoms with E-state index in [9.17, 15) is 38.4 Å². The van der Waals surface area contributed by atoms with Crippen LogP contribution in [0.25, 0.3) is 5.57 Å². The summed E-state index contributed by atoms with van der Waals surface area (Å²) in [5.41, 5.74) is 1.60. The Morgan fingerprint density at radius 3 is 1.89 bits per heavy atom.